The fourth-order valence-electron chi connectivity index (χ4n) is 4.13. The van der Waals surface area contributed by atoms with Crippen LogP contribution in [0, 0.1) is 5.82 Å². The van der Waals surface area contributed by atoms with Gasteiger partial charge in [0, 0.05) is 28.6 Å². The highest BCUT2D eigenvalue weighted by molar-refractivity contribution is 5.94. The third-order valence-corrected chi connectivity index (χ3v) is 5.70. The molecule has 1 aliphatic rings. The minimum absolute atomic E-state index is 0.213. The Morgan fingerprint density at radius 3 is 2.39 bits per heavy atom. The van der Waals surface area contributed by atoms with Crippen molar-refractivity contribution in [3.8, 4) is 16.9 Å². The molecule has 3 aromatic carbocycles. The number of nitrogens with zero attached hydrogens (tertiary/aromatic N) is 2. The van der Waals surface area contributed by atoms with Gasteiger partial charge in [-0.25, -0.2) is 13.2 Å². The van der Waals surface area contributed by atoms with Crippen LogP contribution in [0.5, 0.6) is 5.75 Å². The van der Waals surface area contributed by atoms with E-state index in [4.69, 9.17) is 4.74 Å². The predicted octanol–water partition coefficient (Wildman–Crippen LogP) is 6.79. The molecule has 0 radical (unpaired) electrons. The van der Waals surface area contributed by atoms with Crippen LogP contribution in [0.4, 0.5) is 18.9 Å². The SMILES string of the molecule is COc1cc2c(cc1-c1ccccc1)N(C(C)c1cccc(C(F)F)c1F)[C@@H](C)N=C2. The van der Waals surface area contributed by atoms with Gasteiger partial charge in [-0.2, -0.15) is 0 Å². The zero-order chi connectivity index (χ0) is 22.1. The van der Waals surface area contributed by atoms with E-state index in [-0.39, 0.29) is 11.7 Å². The summed E-state index contributed by atoms with van der Waals surface area (Å²) in [6, 6.07) is 17.4. The van der Waals surface area contributed by atoms with Crippen molar-refractivity contribution >= 4 is 11.9 Å². The molecule has 0 spiro atoms. The molecular weight excluding hydrogens is 401 g/mol. The lowest BCUT2D eigenvalue weighted by Gasteiger charge is -2.39. The van der Waals surface area contributed by atoms with Crippen molar-refractivity contribution in [2.45, 2.75) is 32.5 Å². The molecular formula is C25H23F3N2O. The van der Waals surface area contributed by atoms with Gasteiger partial charge in [0.25, 0.3) is 6.43 Å². The van der Waals surface area contributed by atoms with Crippen molar-refractivity contribution in [1.82, 2.24) is 0 Å². The van der Waals surface area contributed by atoms with Gasteiger partial charge in [-0.3, -0.25) is 4.99 Å². The molecule has 0 fully saturated rings. The summed E-state index contributed by atoms with van der Waals surface area (Å²) in [4.78, 5) is 6.49. The van der Waals surface area contributed by atoms with Gasteiger partial charge in [0.05, 0.1) is 18.7 Å². The summed E-state index contributed by atoms with van der Waals surface area (Å²) in [5.41, 5.74) is 3.17. The Morgan fingerprint density at radius 2 is 1.71 bits per heavy atom. The summed E-state index contributed by atoms with van der Waals surface area (Å²) in [5.74, 6) is -0.172. The molecule has 0 N–H and O–H groups in total. The molecule has 3 aromatic rings. The Bertz CT molecular complexity index is 1120. The van der Waals surface area contributed by atoms with E-state index in [0.29, 0.717) is 5.75 Å². The van der Waals surface area contributed by atoms with Crippen LogP contribution in [-0.2, 0) is 0 Å². The molecule has 31 heavy (non-hydrogen) atoms. The van der Waals surface area contributed by atoms with Gasteiger partial charge < -0.3 is 9.64 Å². The normalized spacial score (nSPS) is 16.4. The molecule has 0 aromatic heterocycles. The zero-order valence-electron chi connectivity index (χ0n) is 17.5. The topological polar surface area (TPSA) is 24.8 Å². The number of fused-ring (bicyclic) bond motifs is 1. The van der Waals surface area contributed by atoms with E-state index >= 15 is 0 Å². The summed E-state index contributed by atoms with van der Waals surface area (Å²) in [7, 11) is 1.61. The molecule has 0 aliphatic carbocycles. The molecule has 160 valence electrons. The molecule has 0 saturated carbocycles. The lowest BCUT2D eigenvalue weighted by atomic mass is 9.96. The van der Waals surface area contributed by atoms with Gasteiger partial charge in [0.2, 0.25) is 0 Å². The standard InChI is InChI=1S/C25H23F3N2O/c1-15(19-10-7-11-20(24(19)26)25(27)28)30-16(2)29-14-18-12-23(31-3)21(13-22(18)30)17-8-5-4-6-9-17/h4-16,25H,1-3H3/t15?,16-/m0/s1. The summed E-state index contributed by atoms with van der Waals surface area (Å²) >= 11 is 0. The third-order valence-electron chi connectivity index (χ3n) is 5.70. The summed E-state index contributed by atoms with van der Waals surface area (Å²) in [5, 5.41) is 0. The minimum atomic E-state index is -2.87. The van der Waals surface area contributed by atoms with E-state index in [0.717, 1.165) is 28.4 Å². The highest BCUT2D eigenvalue weighted by Crippen LogP contribution is 2.42. The van der Waals surface area contributed by atoms with Crippen LogP contribution in [0.1, 0.15) is 43.0 Å². The molecule has 4 rings (SSSR count). The average Bonchev–Trinajstić information content (AvgIpc) is 2.78. The van der Waals surface area contributed by atoms with Gasteiger partial charge in [-0.05, 0) is 31.5 Å². The second kappa shape index (κ2) is 8.46. The summed E-state index contributed by atoms with van der Waals surface area (Å²) in [6.45, 7) is 3.71. The first-order chi connectivity index (χ1) is 14.9. The first-order valence-electron chi connectivity index (χ1n) is 10.1. The van der Waals surface area contributed by atoms with Crippen molar-refractivity contribution in [3.63, 3.8) is 0 Å². The quantitative estimate of drug-likeness (QED) is 0.451. The number of alkyl halides is 2. The predicted molar refractivity (Wildman–Crippen MR) is 118 cm³/mol. The number of hydrogen-bond acceptors (Lipinski definition) is 3. The Kier molecular flexibility index (Phi) is 5.72. The number of benzene rings is 3. The van der Waals surface area contributed by atoms with E-state index in [9.17, 15) is 13.2 Å². The van der Waals surface area contributed by atoms with Gasteiger partial charge in [-0.1, -0.05) is 48.5 Å². The maximum atomic E-state index is 14.9. The molecule has 1 aliphatic heterocycles. The van der Waals surface area contributed by atoms with E-state index in [1.54, 1.807) is 26.3 Å². The number of hydrogen-bond donors (Lipinski definition) is 0. The molecule has 3 nitrogen and oxygen atoms in total. The molecule has 1 unspecified atom stereocenters. The number of ether oxygens (including phenoxy) is 1. The maximum absolute atomic E-state index is 14.9. The monoisotopic (exact) mass is 424 g/mol. The van der Waals surface area contributed by atoms with Crippen LogP contribution >= 0.6 is 0 Å². The Hall–Kier alpha value is -3.28. The fourth-order valence-corrected chi connectivity index (χ4v) is 4.13. The van der Waals surface area contributed by atoms with Crippen LogP contribution in [0.3, 0.4) is 0 Å². The summed E-state index contributed by atoms with van der Waals surface area (Å²) < 4.78 is 47.1. The number of anilines is 1. The van der Waals surface area contributed by atoms with E-state index in [2.05, 4.69) is 4.99 Å². The lowest BCUT2D eigenvalue weighted by Crippen LogP contribution is -2.37. The number of halogens is 3. The van der Waals surface area contributed by atoms with Crippen LogP contribution in [-0.4, -0.2) is 19.5 Å². The Balaban J connectivity index is 1.85. The van der Waals surface area contributed by atoms with Crippen LogP contribution in [0.25, 0.3) is 11.1 Å². The summed E-state index contributed by atoms with van der Waals surface area (Å²) in [6.07, 6.45) is -1.40. The minimum Gasteiger partial charge on any atom is -0.496 e. The van der Waals surface area contributed by atoms with Crippen molar-refractivity contribution in [2.24, 2.45) is 4.99 Å². The van der Waals surface area contributed by atoms with Gasteiger partial charge in [-0.15, -0.1) is 0 Å². The number of methoxy groups -OCH3 is 1. The molecule has 0 amide bonds. The van der Waals surface area contributed by atoms with Crippen molar-refractivity contribution < 1.29 is 17.9 Å². The van der Waals surface area contributed by atoms with Gasteiger partial charge >= 0.3 is 0 Å². The van der Waals surface area contributed by atoms with Crippen LogP contribution < -0.4 is 9.64 Å². The number of rotatable bonds is 5. The van der Waals surface area contributed by atoms with E-state index in [1.807, 2.05) is 54.3 Å². The van der Waals surface area contributed by atoms with E-state index in [1.165, 1.54) is 6.07 Å². The first kappa shape index (κ1) is 21.0. The smallest absolute Gasteiger partial charge is 0.266 e. The maximum Gasteiger partial charge on any atom is 0.266 e. The second-order valence-corrected chi connectivity index (χ2v) is 7.52. The van der Waals surface area contributed by atoms with Crippen molar-refractivity contribution in [3.05, 3.63) is 83.2 Å². The van der Waals surface area contributed by atoms with Gasteiger partial charge in [0.15, 0.2) is 0 Å². The lowest BCUT2D eigenvalue weighted by molar-refractivity contribution is 0.146. The molecule has 0 bridgehead atoms. The van der Waals surface area contributed by atoms with Crippen molar-refractivity contribution in [1.29, 1.82) is 0 Å². The highest BCUT2D eigenvalue weighted by atomic mass is 19.3. The molecule has 0 saturated heterocycles. The largest absolute Gasteiger partial charge is 0.496 e. The first-order valence-corrected chi connectivity index (χ1v) is 10.1. The van der Waals surface area contributed by atoms with Gasteiger partial charge in [0.1, 0.15) is 17.7 Å². The van der Waals surface area contributed by atoms with Crippen LogP contribution in [0.15, 0.2) is 65.7 Å². The Labute approximate surface area is 179 Å². The zero-order valence-corrected chi connectivity index (χ0v) is 17.5. The molecule has 1 heterocycles. The second-order valence-electron chi connectivity index (χ2n) is 7.52. The number of aliphatic imine (C=N–C) groups is 1. The third kappa shape index (κ3) is 3.78. The Morgan fingerprint density at radius 1 is 1.00 bits per heavy atom. The van der Waals surface area contributed by atoms with E-state index < -0.39 is 23.8 Å². The molecule has 6 heteroatoms. The highest BCUT2D eigenvalue weighted by Gasteiger charge is 2.30. The average molecular weight is 424 g/mol. The van der Waals surface area contributed by atoms with Crippen molar-refractivity contribution in [2.75, 3.05) is 12.0 Å². The van der Waals surface area contributed by atoms with Crippen LogP contribution in [0.2, 0.25) is 0 Å². The fraction of sp³-hybridized carbons (Fsp3) is 0.240. The molecule has 2 atom stereocenters.